The molecule has 164 valence electrons. The van der Waals surface area contributed by atoms with Crippen molar-refractivity contribution in [2.75, 3.05) is 12.8 Å². The van der Waals surface area contributed by atoms with Crippen LogP contribution in [0.25, 0.3) is 0 Å². The fourth-order valence-corrected chi connectivity index (χ4v) is 8.03. The maximum atomic E-state index is 13.6. The Morgan fingerprint density at radius 2 is 1.46 bits per heavy atom. The van der Waals surface area contributed by atoms with Crippen molar-refractivity contribution >= 4 is 29.5 Å². The summed E-state index contributed by atoms with van der Waals surface area (Å²) in [5.41, 5.74) is -1.47. The Morgan fingerprint density at radius 3 is 1.89 bits per heavy atom. The summed E-state index contributed by atoms with van der Waals surface area (Å²) < 4.78 is 30.7. The van der Waals surface area contributed by atoms with E-state index < -0.39 is 23.1 Å². The number of rotatable bonds is 7. The van der Waals surface area contributed by atoms with Crippen LogP contribution in [0.15, 0.2) is 0 Å². The molecule has 0 spiro atoms. The van der Waals surface area contributed by atoms with E-state index in [9.17, 15) is 9.36 Å². The third-order valence-electron chi connectivity index (χ3n) is 6.02. The van der Waals surface area contributed by atoms with Gasteiger partial charge in [-0.1, -0.05) is 56.5 Å². The predicted octanol–water partition coefficient (Wildman–Crippen LogP) is 6.48. The zero-order chi connectivity index (χ0) is 21.6. The topological polar surface area (TPSA) is 61.8 Å². The summed E-state index contributed by atoms with van der Waals surface area (Å²) in [6.45, 7) is 16.3. The molecule has 1 aliphatic heterocycles. The third kappa shape index (κ3) is 5.62. The van der Waals surface area contributed by atoms with Gasteiger partial charge in [0, 0.05) is 0 Å². The number of carbonyl (C=O) groups is 1. The Morgan fingerprint density at radius 1 is 1.00 bits per heavy atom. The van der Waals surface area contributed by atoms with Crippen LogP contribution in [0.5, 0.6) is 0 Å². The molecule has 0 N–H and O–H groups in total. The molecule has 28 heavy (non-hydrogen) atoms. The molecule has 2 fully saturated rings. The Bertz CT molecular complexity index is 630. The van der Waals surface area contributed by atoms with Gasteiger partial charge in [-0.15, -0.1) is 0 Å². The number of ether oxygens (including phenoxy) is 1. The van der Waals surface area contributed by atoms with Gasteiger partial charge in [-0.3, -0.25) is 18.4 Å². The summed E-state index contributed by atoms with van der Waals surface area (Å²) >= 11 is 3.33. The van der Waals surface area contributed by atoms with Crippen LogP contribution in [0.3, 0.4) is 0 Å². The maximum Gasteiger partial charge on any atom is 0.332 e. The van der Waals surface area contributed by atoms with E-state index in [4.69, 9.17) is 13.8 Å². The molecular weight excluding hydrogens is 443 g/mol. The lowest BCUT2D eigenvalue weighted by Crippen LogP contribution is -2.49. The second kappa shape index (κ2) is 7.66. The lowest BCUT2D eigenvalue weighted by molar-refractivity contribution is -0.149. The van der Waals surface area contributed by atoms with Crippen molar-refractivity contribution in [3.05, 3.63) is 0 Å². The number of esters is 1. The van der Waals surface area contributed by atoms with Crippen molar-refractivity contribution < 1.29 is 23.1 Å². The second-order valence-electron chi connectivity index (χ2n) is 11.2. The Hall–Kier alpha value is 0.1000. The van der Waals surface area contributed by atoms with Gasteiger partial charge in [0.15, 0.2) is 0 Å². The van der Waals surface area contributed by atoms with Crippen LogP contribution in [-0.2, 0) is 23.1 Å². The van der Waals surface area contributed by atoms with E-state index in [1.807, 2.05) is 13.8 Å². The minimum Gasteiger partial charge on any atom is -0.464 e. The number of carbonyl (C=O) groups excluding carboxylic acids is 1. The number of alkyl halides is 1. The average Bonchev–Trinajstić information content (AvgIpc) is 2.66. The Labute approximate surface area is 179 Å². The predicted molar refractivity (Wildman–Crippen MR) is 116 cm³/mol. The number of hydrogen-bond donors (Lipinski definition) is 0. The fraction of sp³-hybridized carbons (Fsp3) is 0.952. The average molecular weight is 481 g/mol. The summed E-state index contributed by atoms with van der Waals surface area (Å²) in [5, 5.41) is 0. The van der Waals surface area contributed by atoms with Crippen LogP contribution < -0.4 is 0 Å². The highest BCUT2D eigenvalue weighted by Crippen LogP contribution is 2.69. The summed E-state index contributed by atoms with van der Waals surface area (Å²) in [5.74, 6) is -0.279. The van der Waals surface area contributed by atoms with Crippen LogP contribution in [-0.4, -0.2) is 34.3 Å². The molecule has 0 amide bonds. The standard InChI is InChI=1S/C21H38BrO5P/c1-17(2,14-25-16(23)19(5,6)22)13-18(3,4)15-28(24)26-20(7)11-9-10-12-21(20,8)27-28/h9-15H2,1-8H3. The van der Waals surface area contributed by atoms with Gasteiger partial charge in [-0.2, -0.15) is 0 Å². The molecule has 0 bridgehead atoms. The highest BCUT2D eigenvalue weighted by Gasteiger charge is 2.61. The molecule has 2 atom stereocenters. The molecule has 0 aromatic rings. The molecule has 7 heteroatoms. The molecule has 0 aromatic heterocycles. The van der Waals surface area contributed by atoms with E-state index >= 15 is 0 Å². The van der Waals surface area contributed by atoms with Gasteiger partial charge in [-0.25, -0.2) is 0 Å². The summed E-state index contributed by atoms with van der Waals surface area (Å²) in [6.07, 6.45) is 5.05. The van der Waals surface area contributed by atoms with Crippen molar-refractivity contribution in [3.8, 4) is 0 Å². The molecule has 2 unspecified atom stereocenters. The molecule has 0 radical (unpaired) electrons. The van der Waals surface area contributed by atoms with E-state index in [1.165, 1.54) is 0 Å². The Balaban J connectivity index is 2.03. The van der Waals surface area contributed by atoms with Gasteiger partial charge in [0.05, 0.1) is 12.8 Å². The van der Waals surface area contributed by atoms with Crippen LogP contribution in [0.1, 0.15) is 87.5 Å². The van der Waals surface area contributed by atoms with Gasteiger partial charge in [0.2, 0.25) is 0 Å². The fourth-order valence-electron chi connectivity index (χ4n) is 4.79. The van der Waals surface area contributed by atoms with E-state index in [2.05, 4.69) is 43.6 Å². The van der Waals surface area contributed by atoms with Crippen molar-refractivity contribution in [1.29, 1.82) is 0 Å². The van der Waals surface area contributed by atoms with Crippen LogP contribution in [0.2, 0.25) is 0 Å². The van der Waals surface area contributed by atoms with Crippen molar-refractivity contribution in [3.63, 3.8) is 0 Å². The van der Waals surface area contributed by atoms with Crippen molar-refractivity contribution in [2.45, 2.75) is 103 Å². The summed E-state index contributed by atoms with van der Waals surface area (Å²) in [6, 6.07) is 0. The van der Waals surface area contributed by atoms with Crippen molar-refractivity contribution in [2.24, 2.45) is 10.8 Å². The minimum atomic E-state index is -3.19. The van der Waals surface area contributed by atoms with Crippen LogP contribution in [0, 0.1) is 10.8 Å². The first-order valence-electron chi connectivity index (χ1n) is 10.3. The van der Waals surface area contributed by atoms with E-state index in [0.29, 0.717) is 12.8 Å². The first-order chi connectivity index (χ1) is 12.4. The van der Waals surface area contributed by atoms with E-state index in [0.717, 1.165) is 32.1 Å². The van der Waals surface area contributed by atoms with Gasteiger partial charge in [-0.05, 0) is 57.8 Å². The molecular formula is C21H38BrO5P. The van der Waals surface area contributed by atoms with Gasteiger partial charge >= 0.3 is 13.6 Å². The second-order valence-corrected chi connectivity index (χ2v) is 15.1. The molecule has 2 aliphatic rings. The molecule has 1 heterocycles. The van der Waals surface area contributed by atoms with Gasteiger partial charge < -0.3 is 4.74 Å². The van der Waals surface area contributed by atoms with E-state index in [-0.39, 0.29) is 16.8 Å². The van der Waals surface area contributed by atoms with Crippen LogP contribution in [0.4, 0.5) is 0 Å². The molecule has 0 aromatic carbocycles. The monoisotopic (exact) mass is 480 g/mol. The Kier molecular flexibility index (Phi) is 6.66. The molecule has 1 aliphatic carbocycles. The van der Waals surface area contributed by atoms with Gasteiger partial charge in [0.1, 0.15) is 15.5 Å². The number of hydrogen-bond acceptors (Lipinski definition) is 5. The third-order valence-corrected chi connectivity index (χ3v) is 8.95. The zero-order valence-electron chi connectivity index (χ0n) is 18.8. The summed E-state index contributed by atoms with van der Waals surface area (Å²) in [7, 11) is -3.19. The number of fused-ring (bicyclic) bond motifs is 1. The van der Waals surface area contributed by atoms with Crippen molar-refractivity contribution in [1.82, 2.24) is 0 Å². The minimum absolute atomic E-state index is 0.253. The highest BCUT2D eigenvalue weighted by molar-refractivity contribution is 9.10. The van der Waals surface area contributed by atoms with Crippen LogP contribution >= 0.6 is 23.5 Å². The first kappa shape index (κ1) is 24.4. The molecule has 2 rings (SSSR count). The zero-order valence-corrected chi connectivity index (χ0v) is 21.3. The SMILES string of the molecule is CC(C)(COC(=O)C(C)(C)Br)CC(C)(C)CP1(=O)OC2(C)CCCCC2(C)O1. The normalized spacial score (nSPS) is 34.2. The molecule has 5 nitrogen and oxygen atoms in total. The quantitative estimate of drug-likeness (QED) is 0.237. The highest BCUT2D eigenvalue weighted by atomic mass is 79.9. The summed E-state index contributed by atoms with van der Waals surface area (Å²) in [4.78, 5) is 12.1. The molecule has 1 saturated carbocycles. The maximum absolute atomic E-state index is 13.6. The first-order valence-corrected chi connectivity index (χ1v) is 12.8. The molecule has 1 saturated heterocycles. The lowest BCUT2D eigenvalue weighted by atomic mass is 9.74. The van der Waals surface area contributed by atoms with E-state index in [1.54, 1.807) is 13.8 Å². The van der Waals surface area contributed by atoms with Gasteiger partial charge in [0.25, 0.3) is 0 Å². The smallest absolute Gasteiger partial charge is 0.332 e. The largest absolute Gasteiger partial charge is 0.464 e. The lowest BCUT2D eigenvalue weighted by Gasteiger charge is -2.40. The number of halogens is 1.